The lowest BCUT2D eigenvalue weighted by Crippen LogP contribution is -2.34. The average Bonchev–Trinajstić information content (AvgIpc) is 2.46. The molecule has 111 valence electrons. The Balaban J connectivity index is 2.25. The first-order valence-corrected chi connectivity index (χ1v) is 8.56. The molecule has 0 saturated heterocycles. The highest BCUT2D eigenvalue weighted by Gasteiger charge is 2.26. The summed E-state index contributed by atoms with van der Waals surface area (Å²) in [7, 11) is -3.43. The maximum Gasteiger partial charge on any atom is 0.180 e. The predicted octanol–water partition coefficient (Wildman–Crippen LogP) is 1.59. The van der Waals surface area contributed by atoms with Crippen LogP contribution >= 0.6 is 0 Å². The summed E-state index contributed by atoms with van der Waals surface area (Å²) < 4.78 is 23.5. The lowest BCUT2D eigenvalue weighted by molar-refractivity contribution is -0.116. The van der Waals surface area contributed by atoms with Crippen LogP contribution in [0.5, 0.6) is 0 Å². The number of Topliss-reactive ketones (excluding diaryl/α,β-unsaturated/α-hetero) is 1. The maximum absolute atomic E-state index is 12.4. The molecule has 5 heteroatoms. The molecule has 1 atom stereocenters. The minimum Gasteiger partial charge on any atom is -0.321 e. The van der Waals surface area contributed by atoms with Crippen LogP contribution in [0.4, 0.5) is 0 Å². The second-order valence-corrected chi connectivity index (χ2v) is 7.04. The minimum atomic E-state index is -3.43. The molecule has 0 bridgehead atoms. The summed E-state index contributed by atoms with van der Waals surface area (Å²) in [4.78, 5) is 12.5. The van der Waals surface area contributed by atoms with Crippen molar-refractivity contribution in [1.29, 1.82) is 0 Å². The summed E-state index contributed by atoms with van der Waals surface area (Å²) in [5.41, 5.74) is 7.09. The Hall–Kier alpha value is -1.72. The highest BCUT2D eigenvalue weighted by Crippen LogP contribution is 2.24. The number of carbonyl (C=O) groups excluding carboxylic acids is 1. The Bertz CT molecular complexity index is 687. The van der Waals surface area contributed by atoms with E-state index in [9.17, 15) is 13.2 Å². The van der Waals surface area contributed by atoms with Crippen LogP contribution in [-0.2, 0) is 21.1 Å². The molecule has 0 aliphatic heterocycles. The number of rotatable bonds is 5. The van der Waals surface area contributed by atoms with Crippen molar-refractivity contribution in [2.75, 3.05) is 6.26 Å². The summed E-state index contributed by atoms with van der Waals surface area (Å²) in [5, 5.41) is 0. The van der Waals surface area contributed by atoms with Crippen molar-refractivity contribution in [3.8, 4) is 0 Å². The molecule has 1 aliphatic carbocycles. The molecular weight excluding hydrogens is 286 g/mol. The zero-order valence-electron chi connectivity index (χ0n) is 11.8. The molecule has 4 nitrogen and oxygen atoms in total. The predicted molar refractivity (Wildman–Crippen MR) is 83.1 cm³/mol. The van der Waals surface area contributed by atoms with E-state index in [2.05, 4.69) is 0 Å². The van der Waals surface area contributed by atoms with Gasteiger partial charge in [0.2, 0.25) is 0 Å². The van der Waals surface area contributed by atoms with Crippen molar-refractivity contribution in [2.24, 2.45) is 5.73 Å². The monoisotopic (exact) mass is 304 g/mol. The Morgan fingerprint density at radius 1 is 1.29 bits per heavy atom. The van der Waals surface area contributed by atoms with Crippen LogP contribution in [-0.4, -0.2) is 26.5 Å². The topological polar surface area (TPSA) is 77.2 Å². The van der Waals surface area contributed by atoms with Crippen molar-refractivity contribution < 1.29 is 13.2 Å². The lowest BCUT2D eigenvalue weighted by atomic mass is 9.95. The molecule has 1 aliphatic rings. The first-order valence-electron chi connectivity index (χ1n) is 6.67. The van der Waals surface area contributed by atoms with Gasteiger partial charge in [0.25, 0.3) is 0 Å². The lowest BCUT2D eigenvalue weighted by Gasteiger charge is -2.17. The van der Waals surface area contributed by atoms with Crippen molar-refractivity contribution in [3.63, 3.8) is 0 Å². The molecule has 21 heavy (non-hydrogen) atoms. The highest BCUT2D eigenvalue weighted by molar-refractivity contribution is 7.94. The van der Waals surface area contributed by atoms with Crippen molar-refractivity contribution in [1.82, 2.24) is 0 Å². The van der Waals surface area contributed by atoms with Crippen LogP contribution in [0.2, 0.25) is 0 Å². The Morgan fingerprint density at radius 3 is 2.57 bits per heavy atom. The molecule has 0 unspecified atom stereocenters. The molecule has 0 aromatic heterocycles. The van der Waals surface area contributed by atoms with Gasteiger partial charge in [0.05, 0.1) is 10.9 Å². The van der Waals surface area contributed by atoms with Crippen LogP contribution in [0.15, 0.2) is 53.0 Å². The smallest absolute Gasteiger partial charge is 0.180 e. The second kappa shape index (κ2) is 6.37. The molecular formula is C16H18NO3S. The third-order valence-corrected chi connectivity index (χ3v) is 4.47. The van der Waals surface area contributed by atoms with Gasteiger partial charge in [0.1, 0.15) is 0 Å². The number of hydrogen-bond acceptors (Lipinski definition) is 4. The first kappa shape index (κ1) is 15.7. The maximum atomic E-state index is 12.4. The van der Waals surface area contributed by atoms with Gasteiger partial charge in [0, 0.05) is 18.2 Å². The van der Waals surface area contributed by atoms with E-state index in [-0.39, 0.29) is 16.3 Å². The fraction of sp³-hybridized carbons (Fsp3) is 0.250. The van der Waals surface area contributed by atoms with Crippen LogP contribution in [0.1, 0.15) is 12.0 Å². The third kappa shape index (κ3) is 3.89. The minimum absolute atomic E-state index is 0.0820. The molecule has 0 amide bonds. The van der Waals surface area contributed by atoms with Crippen LogP contribution in [0, 0.1) is 6.42 Å². The zero-order valence-corrected chi connectivity index (χ0v) is 12.6. The first-order chi connectivity index (χ1) is 9.89. The van der Waals surface area contributed by atoms with Crippen LogP contribution in [0.3, 0.4) is 0 Å². The second-order valence-electron chi connectivity index (χ2n) is 5.05. The van der Waals surface area contributed by atoms with Gasteiger partial charge in [-0.25, -0.2) is 8.42 Å². The number of ketones is 1. The normalized spacial score (nSPS) is 16.9. The third-order valence-electron chi connectivity index (χ3n) is 3.29. The van der Waals surface area contributed by atoms with Crippen molar-refractivity contribution >= 4 is 15.6 Å². The van der Waals surface area contributed by atoms with Crippen molar-refractivity contribution in [2.45, 2.75) is 18.9 Å². The van der Waals surface area contributed by atoms with E-state index in [1.807, 2.05) is 30.3 Å². The molecule has 0 saturated carbocycles. The standard InChI is InChI=1S/C16H18NO3S/c1-21(19,20)15-10-6-5-9-13(15)16(18)14(17)11-12-7-3-2-4-8-12/h2-5,7-10,14H,6,11,17H2,1H3/t14-/m0/s1. The van der Waals surface area contributed by atoms with Crippen LogP contribution < -0.4 is 5.73 Å². The Labute approximate surface area is 125 Å². The largest absolute Gasteiger partial charge is 0.321 e. The van der Waals surface area contributed by atoms with Gasteiger partial charge < -0.3 is 5.73 Å². The number of sulfone groups is 1. The van der Waals surface area contributed by atoms with Gasteiger partial charge in [-0.2, -0.15) is 0 Å². The summed E-state index contributed by atoms with van der Waals surface area (Å²) in [6.45, 7) is 0. The van der Waals surface area contributed by atoms with Gasteiger partial charge in [0.15, 0.2) is 15.6 Å². The van der Waals surface area contributed by atoms with E-state index in [4.69, 9.17) is 5.73 Å². The summed E-state index contributed by atoms with van der Waals surface area (Å²) in [6, 6.07) is 8.67. The van der Waals surface area contributed by atoms with Crippen LogP contribution in [0.25, 0.3) is 0 Å². The Kier molecular flexibility index (Phi) is 4.75. The molecule has 1 aromatic carbocycles. The Morgan fingerprint density at radius 2 is 1.95 bits per heavy atom. The van der Waals surface area contributed by atoms with E-state index in [0.717, 1.165) is 11.8 Å². The van der Waals surface area contributed by atoms with E-state index in [0.29, 0.717) is 12.8 Å². The molecule has 1 radical (unpaired) electrons. The van der Waals surface area contributed by atoms with E-state index >= 15 is 0 Å². The van der Waals surface area contributed by atoms with E-state index in [1.54, 1.807) is 18.6 Å². The number of nitrogens with two attached hydrogens (primary N) is 1. The zero-order chi connectivity index (χ0) is 15.5. The summed E-state index contributed by atoms with van der Waals surface area (Å²) in [5.74, 6) is -0.341. The van der Waals surface area contributed by atoms with Gasteiger partial charge in [-0.15, -0.1) is 0 Å². The molecule has 0 spiro atoms. The van der Waals surface area contributed by atoms with E-state index < -0.39 is 15.9 Å². The number of allylic oxidation sites excluding steroid dienone is 3. The molecule has 0 fully saturated rings. The number of carbonyl (C=O) groups is 1. The average molecular weight is 304 g/mol. The quantitative estimate of drug-likeness (QED) is 0.896. The van der Waals surface area contributed by atoms with Gasteiger partial charge >= 0.3 is 0 Å². The summed E-state index contributed by atoms with van der Waals surface area (Å²) >= 11 is 0. The van der Waals surface area contributed by atoms with Crippen molar-refractivity contribution in [3.05, 3.63) is 64.9 Å². The fourth-order valence-electron chi connectivity index (χ4n) is 2.27. The summed E-state index contributed by atoms with van der Waals surface area (Å²) in [6.07, 6.45) is 6.87. The SMILES string of the molecule is CS(=O)(=O)C1=C(C(=O)[C@@H](N)Cc2ccccc2)C=CC[CH]1. The molecule has 1 aromatic rings. The highest BCUT2D eigenvalue weighted by atomic mass is 32.2. The van der Waals surface area contributed by atoms with E-state index in [1.165, 1.54) is 0 Å². The number of hydrogen-bond donors (Lipinski definition) is 1. The fourth-order valence-corrected chi connectivity index (χ4v) is 3.24. The van der Waals surface area contributed by atoms with Gasteiger partial charge in [-0.1, -0.05) is 42.5 Å². The van der Waals surface area contributed by atoms with Gasteiger partial charge in [-0.05, 0) is 18.4 Å². The molecule has 2 rings (SSSR count). The molecule has 2 N–H and O–H groups in total. The molecule has 0 heterocycles. The number of benzene rings is 1. The van der Waals surface area contributed by atoms with Gasteiger partial charge in [-0.3, -0.25) is 4.79 Å².